The lowest BCUT2D eigenvalue weighted by Gasteiger charge is -2.35. The van der Waals surface area contributed by atoms with Crippen molar-refractivity contribution in [2.45, 2.75) is 50.7 Å². The molecule has 0 fully saturated rings. The Morgan fingerprint density at radius 1 is 0.767 bits per heavy atom. The molecule has 0 nitrogen and oxygen atoms in total. The van der Waals surface area contributed by atoms with Crippen LogP contribution in [0.2, 0.25) is 18.1 Å². The third kappa shape index (κ3) is 4.65. The van der Waals surface area contributed by atoms with Crippen LogP contribution in [0.25, 0.3) is 16.7 Å². The normalized spacial score (nSPS) is 18.8. The highest BCUT2D eigenvalue weighted by atomic mass is 28.3. The summed E-state index contributed by atoms with van der Waals surface area (Å²) in [5.41, 5.74) is 5.04. The third-order valence-electron chi connectivity index (χ3n) is 6.69. The van der Waals surface area contributed by atoms with Gasteiger partial charge >= 0.3 is 0 Å². The fraction of sp³-hybridized carbons (Fsp3) is 0.286. The minimum Gasteiger partial charge on any atom is -0.207 e. The number of hydrogen-bond acceptors (Lipinski definition) is 0. The van der Waals surface area contributed by atoms with Crippen LogP contribution >= 0.6 is 0 Å². The Kier molecular flexibility index (Phi) is 6.64. The van der Waals surface area contributed by atoms with Crippen molar-refractivity contribution >= 4 is 18.8 Å². The predicted molar refractivity (Wildman–Crippen MR) is 130 cm³/mol. The molecule has 1 atom stereocenters. The van der Waals surface area contributed by atoms with Crippen molar-refractivity contribution < 1.29 is 4.39 Å². The van der Waals surface area contributed by atoms with Gasteiger partial charge in [0.25, 0.3) is 0 Å². The molecule has 30 heavy (non-hydrogen) atoms. The summed E-state index contributed by atoms with van der Waals surface area (Å²) >= 11 is 0. The number of rotatable bonds is 7. The first-order valence-corrected chi connectivity index (χ1v) is 13.9. The summed E-state index contributed by atoms with van der Waals surface area (Å²) in [6.07, 6.45) is 7.74. The van der Waals surface area contributed by atoms with E-state index in [2.05, 4.69) is 67.6 Å². The zero-order chi connectivity index (χ0) is 20.8. The van der Waals surface area contributed by atoms with Gasteiger partial charge in [0.1, 0.15) is 5.82 Å². The minimum atomic E-state index is -1.45. The molecule has 0 saturated carbocycles. The van der Waals surface area contributed by atoms with E-state index in [4.69, 9.17) is 0 Å². The molecule has 2 heteroatoms. The lowest BCUT2D eigenvalue weighted by Crippen LogP contribution is -2.48. The van der Waals surface area contributed by atoms with Gasteiger partial charge in [0.2, 0.25) is 0 Å². The smallest absolute Gasteiger partial charge is 0.123 e. The average molecular weight is 415 g/mol. The maximum Gasteiger partial charge on any atom is 0.123 e. The molecular weight excluding hydrogens is 383 g/mol. The molecule has 1 heterocycles. The standard InChI is InChI=1S/C28H31FSi/c1-2-3-7-20-30(28-8-5-4-6-9-28)21-18-26(19-22-30)24-12-10-23(11-13-24)25-14-16-27(29)17-15-25/h4-6,8-18H,2-3,7,19-22H2,1H3. The number of halogens is 1. The summed E-state index contributed by atoms with van der Waals surface area (Å²) in [6.45, 7) is 2.30. The van der Waals surface area contributed by atoms with E-state index in [0.717, 1.165) is 11.1 Å². The second-order valence-electron chi connectivity index (χ2n) is 8.62. The van der Waals surface area contributed by atoms with Crippen LogP contribution in [0.15, 0.2) is 84.9 Å². The zero-order valence-electron chi connectivity index (χ0n) is 17.9. The summed E-state index contributed by atoms with van der Waals surface area (Å²) in [7, 11) is -1.45. The summed E-state index contributed by atoms with van der Waals surface area (Å²) in [5, 5.41) is 1.64. The maximum absolute atomic E-state index is 13.2. The molecule has 0 radical (unpaired) electrons. The molecule has 3 aromatic carbocycles. The highest BCUT2D eigenvalue weighted by Gasteiger charge is 2.35. The summed E-state index contributed by atoms with van der Waals surface area (Å²) < 4.78 is 13.2. The van der Waals surface area contributed by atoms with Gasteiger partial charge in [-0.2, -0.15) is 0 Å². The molecule has 154 valence electrons. The molecule has 1 aliphatic rings. The predicted octanol–water partition coefficient (Wildman–Crippen LogP) is 7.83. The maximum atomic E-state index is 13.2. The molecular formula is C28H31FSi. The van der Waals surface area contributed by atoms with Crippen LogP contribution in [0.5, 0.6) is 0 Å². The first-order chi connectivity index (χ1) is 14.7. The van der Waals surface area contributed by atoms with Crippen LogP contribution in [0, 0.1) is 5.82 Å². The van der Waals surface area contributed by atoms with Crippen molar-refractivity contribution in [1.29, 1.82) is 0 Å². The van der Waals surface area contributed by atoms with Crippen molar-refractivity contribution in [2.24, 2.45) is 0 Å². The SMILES string of the molecule is CCCCC[Si]1(c2ccccc2)CC=C(c2ccc(-c3ccc(F)cc3)cc2)CC1. The van der Waals surface area contributed by atoms with Crippen molar-refractivity contribution in [1.82, 2.24) is 0 Å². The second-order valence-corrected chi connectivity index (χ2v) is 13.2. The van der Waals surface area contributed by atoms with Gasteiger partial charge in [-0.15, -0.1) is 0 Å². The van der Waals surface area contributed by atoms with Crippen molar-refractivity contribution in [2.75, 3.05) is 0 Å². The van der Waals surface area contributed by atoms with E-state index >= 15 is 0 Å². The summed E-state index contributed by atoms with van der Waals surface area (Å²) in [5.74, 6) is -0.187. The average Bonchev–Trinajstić information content (AvgIpc) is 2.81. The molecule has 4 rings (SSSR count). The quantitative estimate of drug-likeness (QED) is 0.273. The first kappa shape index (κ1) is 20.8. The Morgan fingerprint density at radius 3 is 2.00 bits per heavy atom. The summed E-state index contributed by atoms with van der Waals surface area (Å²) in [6, 6.07) is 30.9. The number of hydrogen-bond donors (Lipinski definition) is 0. The van der Waals surface area contributed by atoms with Crippen LogP contribution in [0.3, 0.4) is 0 Å². The molecule has 1 aliphatic heterocycles. The molecule has 0 aromatic heterocycles. The largest absolute Gasteiger partial charge is 0.207 e. The van der Waals surface area contributed by atoms with Crippen LogP contribution in [-0.2, 0) is 0 Å². The molecule has 0 aliphatic carbocycles. The van der Waals surface area contributed by atoms with E-state index in [0.29, 0.717) is 0 Å². The second kappa shape index (κ2) is 9.57. The fourth-order valence-corrected chi connectivity index (χ4v) is 9.50. The third-order valence-corrected chi connectivity index (χ3v) is 11.8. The van der Waals surface area contributed by atoms with Gasteiger partial charge in [0, 0.05) is 0 Å². The van der Waals surface area contributed by atoms with Gasteiger partial charge in [-0.1, -0.05) is 110 Å². The van der Waals surface area contributed by atoms with Crippen LogP contribution in [0.4, 0.5) is 4.39 Å². The van der Waals surface area contributed by atoms with E-state index in [1.165, 1.54) is 67.1 Å². The Balaban J connectivity index is 1.53. The van der Waals surface area contributed by atoms with Gasteiger partial charge in [-0.3, -0.25) is 0 Å². The number of benzene rings is 3. The Labute approximate surface area is 181 Å². The van der Waals surface area contributed by atoms with E-state index in [9.17, 15) is 4.39 Å². The summed E-state index contributed by atoms with van der Waals surface area (Å²) in [4.78, 5) is 0. The van der Waals surface area contributed by atoms with Gasteiger partial charge in [0.05, 0.1) is 8.07 Å². The van der Waals surface area contributed by atoms with Crippen molar-refractivity contribution in [3.8, 4) is 11.1 Å². The Hall–Kier alpha value is -2.45. The molecule has 0 N–H and O–H groups in total. The molecule has 3 aromatic rings. The first-order valence-electron chi connectivity index (χ1n) is 11.3. The fourth-order valence-electron chi connectivity index (χ4n) is 4.82. The molecule has 0 amide bonds. The highest BCUT2D eigenvalue weighted by molar-refractivity contribution is 6.92. The Bertz CT molecular complexity index is 973. The topological polar surface area (TPSA) is 0 Å². The van der Waals surface area contributed by atoms with Gasteiger partial charge in [-0.05, 0) is 52.9 Å². The van der Waals surface area contributed by atoms with E-state index in [1.54, 1.807) is 5.19 Å². The van der Waals surface area contributed by atoms with Gasteiger partial charge < -0.3 is 0 Å². The molecule has 0 spiro atoms. The van der Waals surface area contributed by atoms with Crippen molar-refractivity contribution in [3.63, 3.8) is 0 Å². The lowest BCUT2D eigenvalue weighted by atomic mass is 9.99. The Morgan fingerprint density at radius 2 is 1.40 bits per heavy atom. The molecule has 0 bridgehead atoms. The van der Waals surface area contributed by atoms with Crippen molar-refractivity contribution in [3.05, 3.63) is 96.3 Å². The van der Waals surface area contributed by atoms with Crippen LogP contribution in [0.1, 0.15) is 38.2 Å². The molecule has 1 unspecified atom stereocenters. The number of unbranched alkanes of at least 4 members (excludes halogenated alkanes) is 2. The van der Waals surface area contributed by atoms with Gasteiger partial charge in [0.15, 0.2) is 0 Å². The van der Waals surface area contributed by atoms with Gasteiger partial charge in [-0.25, -0.2) is 4.39 Å². The monoisotopic (exact) mass is 414 g/mol. The zero-order valence-corrected chi connectivity index (χ0v) is 18.9. The van der Waals surface area contributed by atoms with E-state index in [-0.39, 0.29) is 5.82 Å². The highest BCUT2D eigenvalue weighted by Crippen LogP contribution is 2.37. The number of allylic oxidation sites excluding steroid dienone is 2. The minimum absolute atomic E-state index is 0.187. The van der Waals surface area contributed by atoms with Crippen LogP contribution in [-0.4, -0.2) is 8.07 Å². The van der Waals surface area contributed by atoms with E-state index in [1.807, 2.05) is 12.1 Å². The van der Waals surface area contributed by atoms with Crippen LogP contribution < -0.4 is 5.19 Å². The van der Waals surface area contributed by atoms with E-state index < -0.39 is 8.07 Å². The molecule has 0 saturated heterocycles. The lowest BCUT2D eigenvalue weighted by molar-refractivity contribution is 0.628.